The summed E-state index contributed by atoms with van der Waals surface area (Å²) in [4.78, 5) is 1.33. The van der Waals surface area contributed by atoms with Gasteiger partial charge in [0.05, 0.1) is 0 Å². The first-order valence-electron chi connectivity index (χ1n) is 4.88. The Labute approximate surface area is 91.4 Å². The number of allylic oxidation sites excluding steroid dienone is 1. The third kappa shape index (κ3) is 4.01. The van der Waals surface area contributed by atoms with Crippen molar-refractivity contribution in [2.24, 2.45) is 0 Å². The van der Waals surface area contributed by atoms with E-state index >= 15 is 0 Å². The van der Waals surface area contributed by atoms with E-state index < -0.39 is 0 Å². The summed E-state index contributed by atoms with van der Waals surface area (Å²) in [6, 6.07) is 10.5. The predicted octanol–water partition coefficient (Wildman–Crippen LogP) is 4.52. The van der Waals surface area contributed by atoms with E-state index in [-0.39, 0.29) is 4.75 Å². The fourth-order valence-electron chi connectivity index (χ4n) is 1.57. The molecule has 1 aromatic rings. The smallest absolute Gasteiger partial charge is 0.0187 e. The molecule has 1 heteroatoms. The van der Waals surface area contributed by atoms with Gasteiger partial charge in [-0.1, -0.05) is 37.6 Å². The molecule has 0 nitrogen and oxygen atoms in total. The standard InChI is InChI=1S/C13H18S/c1-11(2)10-13(3,4)14-12-8-6-5-7-9-12/h5-9H,1,10H2,2-4H3. The zero-order valence-electron chi connectivity index (χ0n) is 9.21. The third-order valence-corrected chi connectivity index (χ3v) is 3.07. The number of thioether (sulfide) groups is 1. The molecule has 0 aliphatic rings. The van der Waals surface area contributed by atoms with Crippen LogP contribution in [0.3, 0.4) is 0 Å². The van der Waals surface area contributed by atoms with Crippen molar-refractivity contribution in [3.05, 3.63) is 42.5 Å². The minimum atomic E-state index is 0.243. The van der Waals surface area contributed by atoms with Crippen molar-refractivity contribution in [2.45, 2.75) is 36.8 Å². The van der Waals surface area contributed by atoms with E-state index in [9.17, 15) is 0 Å². The molecular formula is C13H18S. The van der Waals surface area contributed by atoms with Crippen molar-refractivity contribution in [3.8, 4) is 0 Å². The Morgan fingerprint density at radius 1 is 1.29 bits per heavy atom. The number of hydrogen-bond donors (Lipinski definition) is 0. The quantitative estimate of drug-likeness (QED) is 0.515. The van der Waals surface area contributed by atoms with Gasteiger partial charge in [0, 0.05) is 9.64 Å². The first-order chi connectivity index (χ1) is 6.49. The molecule has 0 bridgehead atoms. The minimum absolute atomic E-state index is 0.243. The number of rotatable bonds is 4. The normalized spacial score (nSPS) is 11.4. The van der Waals surface area contributed by atoms with Crippen LogP contribution >= 0.6 is 11.8 Å². The Kier molecular flexibility index (Phi) is 3.82. The molecule has 0 aromatic heterocycles. The second kappa shape index (κ2) is 4.70. The van der Waals surface area contributed by atoms with E-state index in [0.29, 0.717) is 0 Å². The van der Waals surface area contributed by atoms with Crippen molar-refractivity contribution in [2.75, 3.05) is 0 Å². The van der Waals surface area contributed by atoms with Crippen LogP contribution < -0.4 is 0 Å². The van der Waals surface area contributed by atoms with E-state index in [1.165, 1.54) is 10.5 Å². The Bertz CT molecular complexity index is 298. The number of hydrogen-bond acceptors (Lipinski definition) is 1. The van der Waals surface area contributed by atoms with Crippen LogP contribution in [0.2, 0.25) is 0 Å². The van der Waals surface area contributed by atoms with Gasteiger partial charge in [-0.2, -0.15) is 0 Å². The van der Waals surface area contributed by atoms with E-state index in [1.54, 1.807) is 0 Å². The maximum absolute atomic E-state index is 3.97. The molecule has 0 atom stereocenters. The van der Waals surface area contributed by atoms with Gasteiger partial charge >= 0.3 is 0 Å². The SMILES string of the molecule is C=C(C)CC(C)(C)Sc1ccccc1. The molecule has 0 spiro atoms. The summed E-state index contributed by atoms with van der Waals surface area (Å²) in [5, 5.41) is 0. The zero-order chi connectivity index (χ0) is 10.6. The molecule has 0 radical (unpaired) electrons. The highest BCUT2D eigenvalue weighted by Crippen LogP contribution is 2.36. The largest absolute Gasteiger partial charge is 0.120 e. The van der Waals surface area contributed by atoms with Crippen LogP contribution in [0, 0.1) is 0 Å². The van der Waals surface area contributed by atoms with Gasteiger partial charge in [0.2, 0.25) is 0 Å². The summed E-state index contributed by atoms with van der Waals surface area (Å²) in [5.41, 5.74) is 1.25. The summed E-state index contributed by atoms with van der Waals surface area (Å²) in [7, 11) is 0. The van der Waals surface area contributed by atoms with Crippen LogP contribution in [0.1, 0.15) is 27.2 Å². The lowest BCUT2D eigenvalue weighted by Crippen LogP contribution is -2.14. The van der Waals surface area contributed by atoms with Gasteiger partial charge in [-0.15, -0.1) is 18.3 Å². The van der Waals surface area contributed by atoms with Gasteiger partial charge in [-0.3, -0.25) is 0 Å². The average Bonchev–Trinajstić information content (AvgIpc) is 2.02. The molecule has 0 fully saturated rings. The highest BCUT2D eigenvalue weighted by atomic mass is 32.2. The van der Waals surface area contributed by atoms with E-state index in [1.807, 2.05) is 11.8 Å². The maximum atomic E-state index is 3.97. The van der Waals surface area contributed by atoms with Gasteiger partial charge in [0.1, 0.15) is 0 Å². The molecule has 0 aliphatic carbocycles. The second-order valence-electron chi connectivity index (χ2n) is 4.31. The van der Waals surface area contributed by atoms with Crippen molar-refractivity contribution in [1.29, 1.82) is 0 Å². The van der Waals surface area contributed by atoms with Gasteiger partial charge in [-0.05, 0) is 25.5 Å². The van der Waals surface area contributed by atoms with Crippen LogP contribution in [0.4, 0.5) is 0 Å². The molecule has 0 aliphatic heterocycles. The molecule has 1 aromatic carbocycles. The van der Waals surface area contributed by atoms with Crippen molar-refractivity contribution >= 4 is 11.8 Å². The van der Waals surface area contributed by atoms with Crippen LogP contribution in [0.5, 0.6) is 0 Å². The van der Waals surface area contributed by atoms with Crippen molar-refractivity contribution < 1.29 is 0 Å². The Morgan fingerprint density at radius 3 is 2.36 bits per heavy atom. The summed E-state index contributed by atoms with van der Waals surface area (Å²) in [6.07, 6.45) is 1.06. The topological polar surface area (TPSA) is 0 Å². The summed E-state index contributed by atoms with van der Waals surface area (Å²) in [5.74, 6) is 0. The molecule has 0 unspecified atom stereocenters. The first kappa shape index (κ1) is 11.4. The van der Waals surface area contributed by atoms with Gasteiger partial charge in [0.25, 0.3) is 0 Å². The monoisotopic (exact) mass is 206 g/mol. The molecule has 14 heavy (non-hydrogen) atoms. The summed E-state index contributed by atoms with van der Waals surface area (Å²) >= 11 is 1.91. The highest BCUT2D eigenvalue weighted by molar-refractivity contribution is 8.00. The third-order valence-electron chi connectivity index (χ3n) is 1.86. The molecular weight excluding hydrogens is 188 g/mol. The number of benzene rings is 1. The highest BCUT2D eigenvalue weighted by Gasteiger charge is 2.18. The van der Waals surface area contributed by atoms with Crippen molar-refractivity contribution in [1.82, 2.24) is 0 Å². The molecule has 1 rings (SSSR count). The van der Waals surface area contributed by atoms with Crippen LogP contribution in [-0.2, 0) is 0 Å². The summed E-state index contributed by atoms with van der Waals surface area (Å²) < 4.78 is 0.243. The Morgan fingerprint density at radius 2 is 1.86 bits per heavy atom. The predicted molar refractivity (Wildman–Crippen MR) is 65.8 cm³/mol. The lowest BCUT2D eigenvalue weighted by Gasteiger charge is -2.24. The fraction of sp³-hybridized carbons (Fsp3) is 0.385. The molecule has 0 heterocycles. The van der Waals surface area contributed by atoms with E-state index in [2.05, 4.69) is 57.7 Å². The Hall–Kier alpha value is -0.690. The first-order valence-corrected chi connectivity index (χ1v) is 5.70. The molecule has 0 N–H and O–H groups in total. The lowest BCUT2D eigenvalue weighted by atomic mass is 10.1. The molecule has 0 amide bonds. The van der Waals surface area contributed by atoms with Crippen LogP contribution in [-0.4, -0.2) is 4.75 Å². The average molecular weight is 206 g/mol. The van der Waals surface area contributed by atoms with Gasteiger partial charge < -0.3 is 0 Å². The molecule has 0 saturated heterocycles. The van der Waals surface area contributed by atoms with E-state index in [4.69, 9.17) is 0 Å². The van der Waals surface area contributed by atoms with Crippen LogP contribution in [0.25, 0.3) is 0 Å². The van der Waals surface area contributed by atoms with Crippen LogP contribution in [0.15, 0.2) is 47.4 Å². The van der Waals surface area contributed by atoms with Gasteiger partial charge in [0.15, 0.2) is 0 Å². The lowest BCUT2D eigenvalue weighted by molar-refractivity contribution is 0.703. The zero-order valence-corrected chi connectivity index (χ0v) is 10.0. The molecule has 0 saturated carbocycles. The fourth-order valence-corrected chi connectivity index (χ4v) is 2.82. The Balaban J connectivity index is 2.63. The summed E-state index contributed by atoms with van der Waals surface area (Å²) in [6.45, 7) is 10.6. The minimum Gasteiger partial charge on any atom is -0.120 e. The van der Waals surface area contributed by atoms with Gasteiger partial charge in [-0.25, -0.2) is 0 Å². The second-order valence-corrected chi connectivity index (χ2v) is 6.09. The van der Waals surface area contributed by atoms with Crippen molar-refractivity contribution in [3.63, 3.8) is 0 Å². The maximum Gasteiger partial charge on any atom is 0.0187 e. The molecule has 76 valence electrons. The van der Waals surface area contributed by atoms with E-state index in [0.717, 1.165) is 6.42 Å².